The lowest BCUT2D eigenvalue weighted by Gasteiger charge is -2.33. The molecule has 32 heavy (non-hydrogen) atoms. The van der Waals surface area contributed by atoms with Crippen molar-refractivity contribution in [2.75, 3.05) is 7.11 Å². The molecule has 0 heterocycles. The lowest BCUT2D eigenvalue weighted by Crippen LogP contribution is -2.69. The van der Waals surface area contributed by atoms with Gasteiger partial charge in [-0.2, -0.15) is 0 Å². The minimum atomic E-state index is -2.96. The van der Waals surface area contributed by atoms with Gasteiger partial charge in [-0.1, -0.05) is 97.1 Å². The van der Waals surface area contributed by atoms with E-state index in [4.69, 9.17) is 9.16 Å². The first-order valence-corrected chi connectivity index (χ1v) is 12.2. The zero-order chi connectivity index (χ0) is 22.4. The van der Waals surface area contributed by atoms with Gasteiger partial charge in [-0.05, 0) is 27.7 Å². The van der Waals surface area contributed by atoms with Crippen molar-refractivity contribution in [3.63, 3.8) is 0 Å². The summed E-state index contributed by atoms with van der Waals surface area (Å²) in [7, 11) is -1.52. The molecular weight excluding hydrogens is 418 g/mol. The highest BCUT2D eigenvalue weighted by atomic mass is 28.4. The molecule has 0 spiro atoms. The summed E-state index contributed by atoms with van der Waals surface area (Å²) in [6, 6.07) is 35.5. The maximum atomic E-state index is 11.8. The Bertz CT molecular complexity index is 1090. The lowest BCUT2D eigenvalue weighted by molar-refractivity contribution is -0.386. The molecule has 0 aliphatic rings. The van der Waals surface area contributed by atoms with Crippen LogP contribution in [-0.2, 0) is 11.0 Å². The molecule has 0 saturated carbocycles. The zero-order valence-electron chi connectivity index (χ0n) is 17.7. The van der Waals surface area contributed by atoms with E-state index in [2.05, 4.69) is 36.4 Å². The van der Waals surface area contributed by atoms with Gasteiger partial charge in [-0.25, -0.2) is 0 Å². The second-order valence-corrected chi connectivity index (χ2v) is 10.7. The van der Waals surface area contributed by atoms with Crippen molar-refractivity contribution >= 4 is 29.6 Å². The van der Waals surface area contributed by atoms with E-state index in [0.29, 0.717) is 5.56 Å². The van der Waals surface area contributed by atoms with Gasteiger partial charge < -0.3 is 9.16 Å². The van der Waals surface area contributed by atoms with Gasteiger partial charge in [0.25, 0.3) is 8.32 Å². The van der Waals surface area contributed by atoms with E-state index in [9.17, 15) is 10.1 Å². The first kappa shape index (κ1) is 21.5. The molecule has 0 radical (unpaired) electrons. The van der Waals surface area contributed by atoms with Crippen molar-refractivity contribution in [2.45, 2.75) is 6.61 Å². The second-order valence-electron chi connectivity index (χ2n) is 7.29. The third-order valence-corrected chi connectivity index (χ3v) is 9.49. The molecule has 0 saturated heterocycles. The number of nitro groups is 1. The van der Waals surface area contributed by atoms with E-state index in [-0.39, 0.29) is 18.0 Å². The molecule has 4 rings (SSSR count). The Kier molecular flexibility index (Phi) is 6.44. The Morgan fingerprint density at radius 2 is 1.19 bits per heavy atom. The Hall–Kier alpha value is -3.74. The topological polar surface area (TPSA) is 61.6 Å². The van der Waals surface area contributed by atoms with Crippen LogP contribution in [0.25, 0.3) is 0 Å². The Labute approximate surface area is 188 Å². The zero-order valence-corrected chi connectivity index (χ0v) is 18.7. The van der Waals surface area contributed by atoms with Gasteiger partial charge in [0.15, 0.2) is 5.75 Å². The van der Waals surface area contributed by atoms with Crippen LogP contribution in [0.3, 0.4) is 0 Å². The maximum absolute atomic E-state index is 11.8. The van der Waals surface area contributed by atoms with E-state index in [1.165, 1.54) is 7.11 Å². The van der Waals surface area contributed by atoms with Crippen LogP contribution in [-0.4, -0.2) is 20.4 Å². The normalized spacial score (nSPS) is 11.2. The van der Waals surface area contributed by atoms with Crippen molar-refractivity contribution in [2.24, 2.45) is 0 Å². The van der Waals surface area contributed by atoms with Crippen molar-refractivity contribution in [1.29, 1.82) is 0 Å². The molecule has 4 aromatic rings. The number of rotatable bonds is 8. The van der Waals surface area contributed by atoms with Gasteiger partial charge in [-0.15, -0.1) is 0 Å². The predicted octanol–water partition coefficient (Wildman–Crippen LogP) is 3.79. The summed E-state index contributed by atoms with van der Waals surface area (Å²) in [5.41, 5.74) is 0.418. The predicted molar refractivity (Wildman–Crippen MR) is 128 cm³/mol. The van der Waals surface area contributed by atoms with Crippen LogP contribution in [0.2, 0.25) is 0 Å². The summed E-state index contributed by atoms with van der Waals surface area (Å²) in [4.78, 5) is 11.4. The molecule has 0 aliphatic carbocycles. The van der Waals surface area contributed by atoms with Crippen molar-refractivity contribution < 1.29 is 14.1 Å². The SMILES string of the molecule is COc1cccc(CO[Si](c2ccccc2)(c2ccccc2)c2ccccc2)c1[N+](=O)[O-]. The van der Waals surface area contributed by atoms with Gasteiger partial charge in [0.2, 0.25) is 0 Å². The van der Waals surface area contributed by atoms with Gasteiger partial charge in [0.05, 0.1) is 24.2 Å². The maximum Gasteiger partial charge on any atom is 0.316 e. The Balaban J connectivity index is 1.89. The molecule has 0 atom stereocenters. The summed E-state index contributed by atoms with van der Waals surface area (Å²) in [5.74, 6) is 0.225. The van der Waals surface area contributed by atoms with Crippen molar-refractivity contribution in [3.05, 3.63) is 125 Å². The average Bonchev–Trinajstić information content (AvgIpc) is 2.86. The molecule has 0 bridgehead atoms. The molecule has 0 aromatic heterocycles. The van der Waals surface area contributed by atoms with Crippen LogP contribution in [0.15, 0.2) is 109 Å². The van der Waals surface area contributed by atoms with Crippen LogP contribution in [0, 0.1) is 10.1 Å². The quantitative estimate of drug-likeness (QED) is 0.181. The number of benzene rings is 4. The minimum Gasteiger partial charge on any atom is -0.490 e. The largest absolute Gasteiger partial charge is 0.490 e. The number of nitrogens with zero attached hydrogens (tertiary/aromatic N) is 1. The number of methoxy groups -OCH3 is 1. The third-order valence-electron chi connectivity index (χ3n) is 5.47. The van der Waals surface area contributed by atoms with Crippen molar-refractivity contribution in [1.82, 2.24) is 0 Å². The molecule has 4 aromatic carbocycles. The summed E-state index contributed by atoms with van der Waals surface area (Å²) in [5, 5.41) is 15.0. The highest BCUT2D eigenvalue weighted by molar-refractivity contribution is 7.07. The summed E-state index contributed by atoms with van der Waals surface area (Å²) in [6.45, 7) is 0.0818. The molecule has 5 nitrogen and oxygen atoms in total. The van der Waals surface area contributed by atoms with E-state index in [1.54, 1.807) is 18.2 Å². The molecule has 6 heteroatoms. The molecule has 0 N–H and O–H groups in total. The van der Waals surface area contributed by atoms with Gasteiger partial charge in [0, 0.05) is 0 Å². The fourth-order valence-corrected chi connectivity index (χ4v) is 7.87. The number of hydrogen-bond acceptors (Lipinski definition) is 4. The fraction of sp³-hybridized carbons (Fsp3) is 0.0769. The number of hydrogen-bond donors (Lipinski definition) is 0. The highest BCUT2D eigenvalue weighted by Gasteiger charge is 2.42. The summed E-state index contributed by atoms with van der Waals surface area (Å²) >= 11 is 0. The van der Waals surface area contributed by atoms with E-state index < -0.39 is 13.2 Å². The molecule has 0 fully saturated rings. The lowest BCUT2D eigenvalue weighted by atomic mass is 10.2. The Morgan fingerprint density at radius 1 is 0.719 bits per heavy atom. The second kappa shape index (κ2) is 9.59. The molecule has 160 valence electrons. The Morgan fingerprint density at radius 3 is 1.59 bits per heavy atom. The van der Waals surface area contributed by atoms with Crippen LogP contribution < -0.4 is 20.3 Å². The highest BCUT2D eigenvalue weighted by Crippen LogP contribution is 2.31. The van der Waals surface area contributed by atoms with Crippen LogP contribution in [0.1, 0.15) is 5.56 Å². The molecule has 0 amide bonds. The number of para-hydroxylation sites is 1. The first-order chi connectivity index (χ1) is 15.7. The summed E-state index contributed by atoms with van der Waals surface area (Å²) < 4.78 is 12.1. The van der Waals surface area contributed by atoms with Crippen LogP contribution in [0.4, 0.5) is 5.69 Å². The van der Waals surface area contributed by atoms with Gasteiger partial charge in [0.1, 0.15) is 0 Å². The smallest absolute Gasteiger partial charge is 0.316 e. The third kappa shape index (κ3) is 4.06. The average molecular weight is 442 g/mol. The van der Waals surface area contributed by atoms with Gasteiger partial charge in [-0.3, -0.25) is 10.1 Å². The van der Waals surface area contributed by atoms with E-state index >= 15 is 0 Å². The number of nitro benzene ring substituents is 1. The number of ether oxygens (including phenoxy) is 1. The van der Waals surface area contributed by atoms with Gasteiger partial charge >= 0.3 is 5.69 Å². The monoisotopic (exact) mass is 441 g/mol. The fourth-order valence-electron chi connectivity index (χ4n) is 4.01. The van der Waals surface area contributed by atoms with Crippen LogP contribution >= 0.6 is 0 Å². The molecular formula is C26H23NO4Si. The molecule has 0 unspecified atom stereocenters. The standard InChI is InChI=1S/C26H23NO4Si/c1-30-25-19-11-12-21(26(25)27(28)29)20-31-32(22-13-5-2-6-14-22,23-15-7-3-8-16-23)24-17-9-4-10-18-24/h2-19H,20H2,1H3. The summed E-state index contributed by atoms with van der Waals surface area (Å²) in [6.07, 6.45) is 0. The molecule has 0 aliphatic heterocycles. The van der Waals surface area contributed by atoms with E-state index in [1.807, 2.05) is 54.6 Å². The van der Waals surface area contributed by atoms with E-state index in [0.717, 1.165) is 15.6 Å². The first-order valence-electron chi connectivity index (χ1n) is 10.3. The minimum absolute atomic E-state index is 0.0629. The van der Waals surface area contributed by atoms with Crippen molar-refractivity contribution in [3.8, 4) is 5.75 Å². The van der Waals surface area contributed by atoms with Crippen LogP contribution in [0.5, 0.6) is 5.75 Å².